The number of rotatable bonds is 9. The van der Waals surface area contributed by atoms with E-state index in [2.05, 4.69) is 74.1 Å². The number of para-hydroxylation sites is 1. The van der Waals surface area contributed by atoms with Crippen molar-refractivity contribution in [2.24, 2.45) is 0 Å². The van der Waals surface area contributed by atoms with Crippen LogP contribution in [0.2, 0.25) is 0 Å². The van der Waals surface area contributed by atoms with Gasteiger partial charge in [-0.1, -0.05) is 54.6 Å². The number of fused-ring (bicyclic) bond motifs is 4. The molecule has 5 N–H and O–H groups in total. The molecule has 15 nitrogen and oxygen atoms in total. The van der Waals surface area contributed by atoms with Gasteiger partial charge in [-0.3, -0.25) is 9.59 Å². The maximum Gasteiger partial charge on any atom is 0.407 e. The Hall–Kier alpha value is -7.16. The molecule has 3 aromatic heterocycles. The van der Waals surface area contributed by atoms with Crippen molar-refractivity contribution in [3.8, 4) is 22.3 Å². The Labute approximate surface area is 356 Å². The van der Waals surface area contributed by atoms with Gasteiger partial charge in [0, 0.05) is 36.1 Å². The summed E-state index contributed by atoms with van der Waals surface area (Å²) in [7, 11) is 2.60. The number of aromatic nitrogens is 5. The van der Waals surface area contributed by atoms with Crippen molar-refractivity contribution in [3.63, 3.8) is 0 Å². The third-order valence-electron chi connectivity index (χ3n) is 12.9. The number of ether oxygens (including phenoxy) is 2. The van der Waals surface area contributed by atoms with E-state index in [0.29, 0.717) is 19.4 Å². The molecule has 0 spiro atoms. The van der Waals surface area contributed by atoms with Gasteiger partial charge in [0.05, 0.1) is 48.4 Å². The number of imidazole rings is 2. The number of amides is 4. The lowest BCUT2D eigenvalue weighted by molar-refractivity contribution is -0.139. The molecule has 3 fully saturated rings. The van der Waals surface area contributed by atoms with Gasteiger partial charge in [-0.25, -0.2) is 19.6 Å². The van der Waals surface area contributed by atoms with Crippen LogP contribution in [0.25, 0.3) is 55.2 Å². The molecular weight excluding hydrogens is 787 g/mol. The number of H-pyrrole nitrogens is 3. The summed E-state index contributed by atoms with van der Waals surface area (Å²) < 4.78 is 9.67. The number of nitrogens with one attached hydrogen (secondary N) is 5. The highest BCUT2D eigenvalue weighted by Gasteiger charge is 2.45. The first-order chi connectivity index (χ1) is 30.2. The molecule has 0 unspecified atom stereocenters. The Bertz CT molecular complexity index is 2850. The number of alkyl carbamates (subject to hydrolysis) is 2. The quantitative estimate of drug-likeness (QED) is 0.0992. The fourth-order valence-corrected chi connectivity index (χ4v) is 9.79. The minimum absolute atomic E-state index is 0.0899. The fraction of sp³-hybridized carbons (Fsp3) is 0.319. The Morgan fingerprint density at radius 2 is 1.37 bits per heavy atom. The van der Waals surface area contributed by atoms with E-state index in [1.54, 1.807) is 0 Å². The second kappa shape index (κ2) is 16.0. The average Bonchev–Trinajstić information content (AvgIpc) is 4.16. The summed E-state index contributed by atoms with van der Waals surface area (Å²) in [5.41, 5.74) is 9.48. The van der Waals surface area contributed by atoms with Crippen molar-refractivity contribution in [2.75, 3.05) is 20.8 Å². The number of benzene rings is 4. The van der Waals surface area contributed by atoms with Crippen LogP contribution in [0.4, 0.5) is 9.59 Å². The Morgan fingerprint density at radius 1 is 0.742 bits per heavy atom. The summed E-state index contributed by atoms with van der Waals surface area (Å²) >= 11 is 0. The monoisotopic (exact) mass is 833 g/mol. The summed E-state index contributed by atoms with van der Waals surface area (Å²) in [5, 5.41) is 6.50. The second-order valence-corrected chi connectivity index (χ2v) is 16.5. The SMILES string of the molecule is COC(=O)N[C@H]1CC[C@H]2CC[C@@H](c3nc4ccc(-c5ccc(-c6ccc7nc([C@@H]8CCCN8C(=O)[C@@H](Cc8c[nH]c9ccccc89)NC(=O)OC)[nH]c7c6)cc5)cc4[nH]3)N2C1=O. The molecule has 3 aliphatic rings. The number of carbonyl (C=O) groups is 4. The molecule has 0 radical (unpaired) electrons. The van der Waals surface area contributed by atoms with Crippen LogP contribution in [0.1, 0.15) is 67.8 Å². The van der Waals surface area contributed by atoms with Gasteiger partial charge >= 0.3 is 12.2 Å². The van der Waals surface area contributed by atoms with E-state index in [4.69, 9.17) is 19.4 Å². The lowest BCUT2D eigenvalue weighted by atomic mass is 9.98. The van der Waals surface area contributed by atoms with E-state index in [1.165, 1.54) is 14.2 Å². The third kappa shape index (κ3) is 7.16. The number of carbonyl (C=O) groups excluding carboxylic acids is 4. The maximum atomic E-state index is 14.2. The molecular formula is C47H47N9O6. The van der Waals surface area contributed by atoms with E-state index in [9.17, 15) is 19.2 Å². The van der Waals surface area contributed by atoms with Crippen molar-refractivity contribution in [2.45, 2.75) is 75.2 Å². The number of nitrogens with zero attached hydrogens (tertiary/aromatic N) is 4. The predicted octanol–water partition coefficient (Wildman–Crippen LogP) is 7.44. The molecule has 7 aromatic rings. The zero-order valence-corrected chi connectivity index (χ0v) is 34.4. The van der Waals surface area contributed by atoms with E-state index in [1.807, 2.05) is 52.4 Å². The molecule has 0 aliphatic carbocycles. The maximum absolute atomic E-state index is 14.2. The van der Waals surface area contributed by atoms with E-state index < -0.39 is 24.3 Å². The number of likely N-dealkylation sites (tertiary alicyclic amines) is 1. The van der Waals surface area contributed by atoms with Crippen LogP contribution in [-0.4, -0.2) is 97.6 Å². The number of hydrogen-bond donors (Lipinski definition) is 5. The summed E-state index contributed by atoms with van der Waals surface area (Å²) in [6.07, 6.45) is 5.64. The fourth-order valence-electron chi connectivity index (χ4n) is 9.79. The molecule has 5 atom stereocenters. The topological polar surface area (TPSA) is 190 Å². The van der Waals surface area contributed by atoms with Crippen molar-refractivity contribution < 1.29 is 28.7 Å². The minimum atomic E-state index is -0.820. The Balaban J connectivity index is 0.845. The van der Waals surface area contributed by atoms with Crippen LogP contribution in [0, 0.1) is 0 Å². The normalized spacial score (nSPS) is 20.5. The number of hydrogen-bond acceptors (Lipinski definition) is 8. The summed E-state index contributed by atoms with van der Waals surface area (Å²) in [6.45, 7) is 0.554. The molecule has 3 aliphatic heterocycles. The van der Waals surface area contributed by atoms with Crippen LogP contribution < -0.4 is 10.6 Å². The standard InChI is InChI=1S/C47H47N9O6/c1-61-46(59)53-36-19-15-31-16-20-41(56(31)45(36)58)43-50-35-18-14-29(23-38(35)52-43)27-11-9-26(10-12-27)28-13-17-34-37(22-28)51-42(49-34)40-8-5-21-55(40)44(57)39(54-47(60)62-2)24-30-25-48-33-7-4-3-6-32(30)33/h3-4,6-7,9-14,17-18,22-23,25,31,36,39-41,48H,5,8,15-16,19-21,24H2,1-2H3,(H,49,51)(H,50,52)(H,53,59)(H,54,60)/t31-,36-,39+,40-,41-/m0/s1. The molecule has 4 amide bonds. The molecule has 3 saturated heterocycles. The first-order valence-corrected chi connectivity index (χ1v) is 21.2. The molecule has 10 rings (SSSR count). The van der Waals surface area contributed by atoms with Gasteiger partial charge in [-0.2, -0.15) is 0 Å². The number of piperidine rings is 1. The first kappa shape index (κ1) is 39.0. The zero-order valence-electron chi connectivity index (χ0n) is 34.4. The Morgan fingerprint density at radius 3 is 2.05 bits per heavy atom. The summed E-state index contributed by atoms with van der Waals surface area (Å²) in [5.74, 6) is 1.21. The van der Waals surface area contributed by atoms with Crippen LogP contribution in [-0.2, 0) is 25.5 Å². The highest BCUT2D eigenvalue weighted by Crippen LogP contribution is 2.41. The smallest absolute Gasteiger partial charge is 0.407 e. The average molecular weight is 834 g/mol. The number of aromatic amines is 3. The van der Waals surface area contributed by atoms with Crippen LogP contribution >= 0.6 is 0 Å². The van der Waals surface area contributed by atoms with Gasteiger partial charge in [-0.15, -0.1) is 0 Å². The van der Waals surface area contributed by atoms with Gasteiger partial charge in [0.15, 0.2) is 0 Å². The minimum Gasteiger partial charge on any atom is -0.453 e. The second-order valence-electron chi connectivity index (χ2n) is 16.5. The molecule has 62 heavy (non-hydrogen) atoms. The van der Waals surface area contributed by atoms with Crippen molar-refractivity contribution in [3.05, 3.63) is 108 Å². The van der Waals surface area contributed by atoms with Gasteiger partial charge in [0.25, 0.3) is 0 Å². The summed E-state index contributed by atoms with van der Waals surface area (Å²) in [6, 6.07) is 26.9. The van der Waals surface area contributed by atoms with Crippen LogP contribution in [0.15, 0.2) is 91.1 Å². The van der Waals surface area contributed by atoms with Gasteiger partial charge in [-0.05, 0) is 96.7 Å². The predicted molar refractivity (Wildman–Crippen MR) is 233 cm³/mol. The van der Waals surface area contributed by atoms with Crippen molar-refractivity contribution >= 4 is 57.0 Å². The third-order valence-corrected chi connectivity index (χ3v) is 12.9. The van der Waals surface area contributed by atoms with E-state index >= 15 is 0 Å². The summed E-state index contributed by atoms with van der Waals surface area (Å²) in [4.78, 5) is 76.0. The molecule has 6 heterocycles. The van der Waals surface area contributed by atoms with E-state index in [-0.39, 0.29) is 29.9 Å². The van der Waals surface area contributed by atoms with Crippen LogP contribution in [0.3, 0.4) is 0 Å². The molecule has 0 saturated carbocycles. The lowest BCUT2D eigenvalue weighted by Gasteiger charge is -2.37. The largest absolute Gasteiger partial charge is 0.453 e. The van der Waals surface area contributed by atoms with E-state index in [0.717, 1.165) is 105 Å². The van der Waals surface area contributed by atoms with Gasteiger partial charge in [0.2, 0.25) is 11.8 Å². The first-order valence-electron chi connectivity index (χ1n) is 21.2. The van der Waals surface area contributed by atoms with Crippen LogP contribution in [0.5, 0.6) is 0 Å². The highest BCUT2D eigenvalue weighted by molar-refractivity contribution is 5.90. The molecule has 0 bridgehead atoms. The molecule has 4 aromatic carbocycles. The number of methoxy groups -OCH3 is 2. The molecule has 15 heteroatoms. The molecule has 316 valence electrons. The van der Waals surface area contributed by atoms with Gasteiger partial charge < -0.3 is 44.9 Å². The van der Waals surface area contributed by atoms with Gasteiger partial charge in [0.1, 0.15) is 23.7 Å². The highest BCUT2D eigenvalue weighted by atomic mass is 16.5. The van der Waals surface area contributed by atoms with Crippen molar-refractivity contribution in [1.29, 1.82) is 0 Å². The van der Waals surface area contributed by atoms with Crippen molar-refractivity contribution in [1.82, 2.24) is 45.4 Å². The Kier molecular flexibility index (Phi) is 10.1. The lowest BCUT2D eigenvalue weighted by Crippen LogP contribution is -2.54. The zero-order chi connectivity index (χ0) is 42.5.